The molecule has 11 heteroatoms. The van der Waals surface area contributed by atoms with Gasteiger partial charge in [-0.3, -0.25) is 0 Å². The second-order valence-electron chi connectivity index (χ2n) is 14.2. The van der Waals surface area contributed by atoms with Crippen LogP contribution in [-0.2, 0) is 17.8 Å². The van der Waals surface area contributed by atoms with Crippen LogP contribution >= 0.6 is 0 Å². The summed E-state index contributed by atoms with van der Waals surface area (Å²) in [6.45, 7) is 4.07. The van der Waals surface area contributed by atoms with Gasteiger partial charge < -0.3 is 39.9 Å². The van der Waals surface area contributed by atoms with Gasteiger partial charge in [0, 0.05) is 60.0 Å². The van der Waals surface area contributed by atoms with Gasteiger partial charge >= 0.3 is 0 Å². The summed E-state index contributed by atoms with van der Waals surface area (Å²) < 4.78 is 17.5. The quantitative estimate of drug-likeness (QED) is 0.106. The number of aliphatic hydroxyl groups excluding tert-OH is 1. The van der Waals surface area contributed by atoms with E-state index in [4.69, 9.17) is 29.1 Å². The van der Waals surface area contributed by atoms with Crippen LogP contribution in [0.5, 0.6) is 11.5 Å². The minimum atomic E-state index is -0.634. The minimum Gasteiger partial charge on any atom is -0.496 e. The Morgan fingerprint density at radius 3 is 2.66 bits per heavy atom. The van der Waals surface area contributed by atoms with Crippen molar-refractivity contribution in [1.82, 2.24) is 15.4 Å². The van der Waals surface area contributed by atoms with Gasteiger partial charge in [0.05, 0.1) is 43.5 Å². The first kappa shape index (κ1) is 34.8. The van der Waals surface area contributed by atoms with Gasteiger partial charge in [-0.25, -0.2) is 4.98 Å². The van der Waals surface area contributed by atoms with Gasteiger partial charge in [0.15, 0.2) is 11.3 Å². The molecule has 5 aromatic rings. The lowest BCUT2D eigenvalue weighted by molar-refractivity contribution is -0.156. The average Bonchev–Trinajstić information content (AvgIpc) is 3.82. The highest BCUT2D eigenvalue weighted by atomic mass is 16.7. The zero-order valence-corrected chi connectivity index (χ0v) is 30.1. The number of nitrogens with zero attached hydrogens (tertiary/aromatic N) is 3. The van der Waals surface area contributed by atoms with Crippen molar-refractivity contribution in [2.45, 2.75) is 76.7 Å². The number of fused-ring (bicyclic) bond motifs is 2. The van der Waals surface area contributed by atoms with E-state index in [2.05, 4.69) is 16.7 Å². The fourth-order valence-electron chi connectivity index (χ4n) is 8.00. The van der Waals surface area contributed by atoms with Gasteiger partial charge in [-0.05, 0) is 72.7 Å². The molecule has 1 saturated heterocycles. The van der Waals surface area contributed by atoms with Gasteiger partial charge in [0.25, 0.3) is 0 Å². The highest BCUT2D eigenvalue weighted by Crippen LogP contribution is 2.42. The Balaban J connectivity index is 1.08. The Labute approximate surface area is 309 Å². The maximum atomic E-state index is 10.5. The van der Waals surface area contributed by atoms with E-state index in [1.807, 2.05) is 72.7 Å². The third kappa shape index (κ3) is 6.87. The molecule has 8 rings (SSSR count). The maximum absolute atomic E-state index is 10.5. The first-order valence-corrected chi connectivity index (χ1v) is 18.4. The molecule has 3 aliphatic rings. The average molecular weight is 713 g/mol. The molecule has 11 nitrogen and oxygen atoms in total. The number of ether oxygens (including phenoxy) is 2. The summed E-state index contributed by atoms with van der Waals surface area (Å²) in [6, 6.07) is 22.3. The molecule has 0 spiro atoms. The molecule has 2 fully saturated rings. The lowest BCUT2D eigenvalue weighted by atomic mass is 9.92. The molecule has 0 amide bonds. The number of oxazole rings is 1. The molecule has 1 aromatic heterocycles. The fourth-order valence-corrected chi connectivity index (χ4v) is 8.00. The van der Waals surface area contributed by atoms with E-state index in [0.29, 0.717) is 71.8 Å². The topological polar surface area (TPSA) is 149 Å². The van der Waals surface area contributed by atoms with E-state index in [-0.39, 0.29) is 12.6 Å². The molecule has 53 heavy (non-hydrogen) atoms. The molecule has 4 aromatic carbocycles. The van der Waals surface area contributed by atoms with Crippen molar-refractivity contribution in [3.8, 4) is 40.1 Å². The standard InChI is InChI=1S/C42H44N6O5/c1-25-30(10-6-11-31(25)42-47-36-17-26(16-27(20-43)41(36)52-42)22-45-28-8-4-3-5-9-28)32-12-7-13-35(33(32)21-44)46-29-18-39(50-2)34-23-48(53-40(34)19-29)37-14-15-51-24-38(37)49/h6-7,10-13,16-19,21,28,37-38,44-46,49H,3-5,8-9,14-15,22-24H2,1-2H3. The number of nitrogens with one attached hydrogen (secondary N) is 3. The van der Waals surface area contributed by atoms with Crippen LogP contribution in [0.3, 0.4) is 0 Å². The molecule has 2 atom stereocenters. The monoisotopic (exact) mass is 712 g/mol. The number of rotatable bonds is 10. The van der Waals surface area contributed by atoms with Crippen molar-refractivity contribution in [2.75, 3.05) is 25.6 Å². The van der Waals surface area contributed by atoms with Crippen molar-refractivity contribution in [1.29, 1.82) is 10.7 Å². The number of hydrogen-bond donors (Lipinski definition) is 4. The number of benzene rings is 4. The number of aromatic nitrogens is 1. The van der Waals surface area contributed by atoms with E-state index in [1.165, 1.54) is 38.3 Å². The first-order chi connectivity index (χ1) is 25.9. The van der Waals surface area contributed by atoms with Crippen LogP contribution in [0, 0.1) is 23.7 Å². The summed E-state index contributed by atoms with van der Waals surface area (Å²) in [6.07, 6.45) is 7.61. The molecule has 2 aliphatic heterocycles. The predicted molar refractivity (Wildman–Crippen MR) is 204 cm³/mol. The van der Waals surface area contributed by atoms with Crippen LogP contribution in [0.1, 0.15) is 66.3 Å². The van der Waals surface area contributed by atoms with Crippen molar-refractivity contribution in [2.24, 2.45) is 0 Å². The highest BCUT2D eigenvalue weighted by molar-refractivity contribution is 5.98. The summed E-state index contributed by atoms with van der Waals surface area (Å²) in [5.41, 5.74) is 9.33. The van der Waals surface area contributed by atoms with Crippen LogP contribution < -0.4 is 20.2 Å². The number of hydrogen-bond acceptors (Lipinski definition) is 11. The molecule has 1 saturated carbocycles. The van der Waals surface area contributed by atoms with Gasteiger partial charge in [0.1, 0.15) is 17.3 Å². The van der Waals surface area contributed by atoms with Crippen LogP contribution in [0.4, 0.5) is 11.4 Å². The van der Waals surface area contributed by atoms with E-state index in [0.717, 1.165) is 44.8 Å². The smallest absolute Gasteiger partial charge is 0.227 e. The molecular weight excluding hydrogens is 668 g/mol. The molecule has 0 radical (unpaired) electrons. The van der Waals surface area contributed by atoms with Gasteiger partial charge in [-0.1, -0.05) is 43.5 Å². The Bertz CT molecular complexity index is 2200. The number of anilines is 2. The third-order valence-corrected chi connectivity index (χ3v) is 10.8. The summed E-state index contributed by atoms with van der Waals surface area (Å²) >= 11 is 0. The van der Waals surface area contributed by atoms with Crippen LogP contribution in [0.25, 0.3) is 33.7 Å². The maximum Gasteiger partial charge on any atom is 0.227 e. The van der Waals surface area contributed by atoms with Gasteiger partial charge in [-0.15, -0.1) is 5.06 Å². The number of methoxy groups -OCH3 is 1. The van der Waals surface area contributed by atoms with Gasteiger partial charge in [0.2, 0.25) is 5.89 Å². The number of nitriles is 1. The zero-order chi connectivity index (χ0) is 36.5. The van der Waals surface area contributed by atoms with E-state index in [1.54, 1.807) is 7.11 Å². The summed E-state index contributed by atoms with van der Waals surface area (Å²) in [4.78, 5) is 11.1. The first-order valence-electron chi connectivity index (χ1n) is 18.4. The van der Waals surface area contributed by atoms with Gasteiger partial charge in [-0.2, -0.15) is 5.26 Å². The van der Waals surface area contributed by atoms with Crippen molar-refractivity contribution in [3.63, 3.8) is 0 Å². The highest BCUT2D eigenvalue weighted by Gasteiger charge is 2.36. The van der Waals surface area contributed by atoms with E-state index < -0.39 is 6.10 Å². The fraction of sp³-hybridized carbons (Fsp3) is 0.357. The molecule has 1 aliphatic carbocycles. The predicted octanol–water partition coefficient (Wildman–Crippen LogP) is 7.77. The summed E-state index contributed by atoms with van der Waals surface area (Å²) in [5, 5.41) is 38.1. The molecular formula is C42H44N6O5. The molecule has 0 bridgehead atoms. The lowest BCUT2D eigenvalue weighted by Crippen LogP contribution is -2.48. The third-order valence-electron chi connectivity index (χ3n) is 10.8. The second-order valence-corrected chi connectivity index (χ2v) is 14.2. The Morgan fingerprint density at radius 2 is 1.87 bits per heavy atom. The molecule has 2 unspecified atom stereocenters. The minimum absolute atomic E-state index is 0.175. The van der Waals surface area contributed by atoms with E-state index >= 15 is 0 Å². The number of hydroxylamine groups is 2. The van der Waals surface area contributed by atoms with E-state index in [9.17, 15) is 10.4 Å². The molecule has 3 heterocycles. The lowest BCUT2D eigenvalue weighted by Gasteiger charge is -2.33. The molecule has 4 N–H and O–H groups in total. The van der Waals surface area contributed by atoms with Crippen LogP contribution in [0.2, 0.25) is 0 Å². The Kier molecular flexibility index (Phi) is 9.86. The van der Waals surface area contributed by atoms with Crippen molar-refractivity contribution >= 4 is 28.7 Å². The second kappa shape index (κ2) is 15.0. The zero-order valence-electron chi connectivity index (χ0n) is 30.1. The summed E-state index contributed by atoms with van der Waals surface area (Å²) in [5.74, 6) is 1.79. The Morgan fingerprint density at radius 1 is 1.06 bits per heavy atom. The van der Waals surface area contributed by atoms with Crippen molar-refractivity contribution < 1.29 is 23.8 Å². The largest absolute Gasteiger partial charge is 0.496 e. The SMILES string of the molecule is COc1cc(Nc2cccc(-c3cccc(-c4nc5cc(CNC6CCCCC6)cc(C#N)c5o4)c3C)c2C=N)cc2c1CN(C1CCOCC1O)O2. The Hall–Kier alpha value is -5.25. The summed E-state index contributed by atoms with van der Waals surface area (Å²) in [7, 11) is 1.64. The van der Waals surface area contributed by atoms with Crippen LogP contribution in [0.15, 0.2) is 65.1 Å². The normalized spacial score (nSPS) is 19.1. The van der Waals surface area contributed by atoms with Crippen LogP contribution in [-0.4, -0.2) is 59.9 Å². The molecule has 272 valence electrons. The van der Waals surface area contributed by atoms with Crippen molar-refractivity contribution in [3.05, 3.63) is 88.5 Å². The number of aliphatic hydroxyl groups is 1.